The maximum Gasteiger partial charge on any atom is 0.319 e. The molecule has 0 aliphatic carbocycles. The van der Waals surface area contributed by atoms with Gasteiger partial charge in [-0.1, -0.05) is 0 Å². The first-order valence-electron chi connectivity index (χ1n) is 2.87. The molecule has 1 unspecified atom stereocenters. The molecule has 1 fully saturated rings. The number of amides is 2. The van der Waals surface area contributed by atoms with Crippen LogP contribution in [0.2, 0.25) is 0 Å². The summed E-state index contributed by atoms with van der Waals surface area (Å²) in [7, 11) is 0. The first-order chi connectivity index (χ1) is 4.77. The predicted molar refractivity (Wildman–Crippen MR) is 43.9 cm³/mol. The molecule has 0 aromatic carbocycles. The van der Waals surface area contributed by atoms with E-state index in [1.807, 2.05) is 0 Å². The topological polar surface area (TPSA) is 41.1 Å². The van der Waals surface area contributed by atoms with E-state index in [2.05, 4.69) is 26.6 Å². The number of rotatable bonds is 0. The van der Waals surface area contributed by atoms with Crippen molar-refractivity contribution in [2.45, 2.75) is 6.04 Å². The zero-order valence-electron chi connectivity index (χ0n) is 4.98. The number of carbonyl (C=O) groups excluding carboxylic acids is 1. The number of carbonyl (C=O) groups is 1. The van der Waals surface area contributed by atoms with E-state index in [-0.39, 0.29) is 12.1 Å². The number of fused-ring (bicyclic) bond motifs is 1. The van der Waals surface area contributed by atoms with Gasteiger partial charge in [-0.15, -0.1) is 11.8 Å². The fraction of sp³-hybridized carbons (Fsp3) is 0.400. The second kappa shape index (κ2) is 2.17. The maximum absolute atomic E-state index is 10.7. The van der Waals surface area contributed by atoms with Gasteiger partial charge >= 0.3 is 6.03 Å². The number of hydrogen-bond donors (Lipinski definition) is 2. The third-order valence-corrected chi connectivity index (χ3v) is 3.58. The molecule has 2 aliphatic heterocycles. The molecular formula is C5H5BrN2OS. The lowest BCUT2D eigenvalue weighted by atomic mass is 10.3. The van der Waals surface area contributed by atoms with Crippen molar-refractivity contribution in [3.8, 4) is 0 Å². The summed E-state index contributed by atoms with van der Waals surface area (Å²) in [4.78, 5) is 10.7. The summed E-state index contributed by atoms with van der Waals surface area (Å²) in [6.45, 7) is 0. The minimum absolute atomic E-state index is 0.0859. The Labute approximate surface area is 70.7 Å². The van der Waals surface area contributed by atoms with Crippen LogP contribution in [0.15, 0.2) is 9.51 Å². The van der Waals surface area contributed by atoms with E-state index in [1.54, 1.807) is 11.8 Å². The molecule has 1 saturated heterocycles. The van der Waals surface area contributed by atoms with E-state index in [0.29, 0.717) is 0 Å². The van der Waals surface area contributed by atoms with Crippen LogP contribution >= 0.6 is 27.7 Å². The molecule has 54 valence electrons. The molecule has 0 aromatic rings. The average Bonchev–Trinajstić information content (AvgIpc) is 2.35. The van der Waals surface area contributed by atoms with Crippen LogP contribution in [0.4, 0.5) is 4.79 Å². The van der Waals surface area contributed by atoms with Gasteiger partial charge in [0.25, 0.3) is 0 Å². The van der Waals surface area contributed by atoms with Gasteiger partial charge in [-0.3, -0.25) is 0 Å². The summed E-state index contributed by atoms with van der Waals surface area (Å²) in [6, 6.07) is 0.129. The quantitative estimate of drug-likeness (QED) is 0.640. The first kappa shape index (κ1) is 6.54. The Balaban J connectivity index is 2.31. The van der Waals surface area contributed by atoms with Crippen LogP contribution in [0.3, 0.4) is 0 Å². The Kier molecular flexibility index (Phi) is 1.42. The van der Waals surface area contributed by atoms with Crippen LogP contribution in [0.25, 0.3) is 0 Å². The Hall–Kier alpha value is -0.160. The van der Waals surface area contributed by atoms with Gasteiger partial charge in [0.15, 0.2) is 0 Å². The van der Waals surface area contributed by atoms with E-state index in [1.165, 1.54) is 0 Å². The Morgan fingerprint density at radius 1 is 1.70 bits per heavy atom. The van der Waals surface area contributed by atoms with Crippen molar-refractivity contribution in [2.24, 2.45) is 0 Å². The molecule has 2 N–H and O–H groups in total. The summed E-state index contributed by atoms with van der Waals surface area (Å²) in [5.41, 5.74) is 0.995. The second-order valence-electron chi connectivity index (χ2n) is 2.15. The molecule has 1 atom stereocenters. The third kappa shape index (κ3) is 0.845. The summed E-state index contributed by atoms with van der Waals surface area (Å²) in [6.07, 6.45) is 0. The molecule has 0 saturated carbocycles. The smallest absolute Gasteiger partial charge is 0.319 e. The van der Waals surface area contributed by atoms with Crippen molar-refractivity contribution in [2.75, 3.05) is 5.75 Å². The Morgan fingerprint density at radius 3 is 3.20 bits per heavy atom. The summed E-state index contributed by atoms with van der Waals surface area (Å²) >= 11 is 5.07. The highest BCUT2D eigenvalue weighted by molar-refractivity contribution is 9.14. The van der Waals surface area contributed by atoms with E-state index in [9.17, 15) is 4.79 Å². The van der Waals surface area contributed by atoms with Crippen LogP contribution in [0.5, 0.6) is 0 Å². The maximum atomic E-state index is 10.7. The van der Waals surface area contributed by atoms with Crippen LogP contribution < -0.4 is 10.6 Å². The normalized spacial score (nSPS) is 30.1. The lowest BCUT2D eigenvalue weighted by Crippen LogP contribution is -2.27. The predicted octanol–water partition coefficient (Wildman–Crippen LogP) is 0.979. The largest absolute Gasteiger partial charge is 0.329 e. The van der Waals surface area contributed by atoms with Crippen LogP contribution in [-0.4, -0.2) is 17.8 Å². The van der Waals surface area contributed by atoms with Gasteiger partial charge in [-0.05, 0) is 15.9 Å². The van der Waals surface area contributed by atoms with Crippen LogP contribution in [0.1, 0.15) is 0 Å². The highest BCUT2D eigenvalue weighted by atomic mass is 79.9. The minimum Gasteiger partial charge on any atom is -0.329 e. The average molecular weight is 221 g/mol. The van der Waals surface area contributed by atoms with Gasteiger partial charge in [0.2, 0.25) is 0 Å². The number of urea groups is 1. The van der Waals surface area contributed by atoms with Crippen molar-refractivity contribution >= 4 is 33.7 Å². The number of thioether (sulfide) groups is 1. The van der Waals surface area contributed by atoms with Gasteiger partial charge in [0.05, 0.1) is 15.6 Å². The van der Waals surface area contributed by atoms with E-state index < -0.39 is 0 Å². The van der Waals surface area contributed by atoms with Crippen molar-refractivity contribution < 1.29 is 4.79 Å². The van der Waals surface area contributed by atoms with Gasteiger partial charge < -0.3 is 10.6 Å². The highest BCUT2D eigenvalue weighted by Crippen LogP contribution is 2.36. The summed E-state index contributed by atoms with van der Waals surface area (Å²) in [5, 5.41) is 5.51. The molecular weight excluding hydrogens is 216 g/mol. The summed E-state index contributed by atoms with van der Waals surface area (Å²) < 4.78 is 1.05. The molecule has 0 bridgehead atoms. The van der Waals surface area contributed by atoms with Crippen molar-refractivity contribution in [3.63, 3.8) is 0 Å². The summed E-state index contributed by atoms with van der Waals surface area (Å²) in [5.74, 6) is 0.939. The SMILES string of the molecule is O=C1NC2=C(Br)SCC2N1. The fourth-order valence-electron chi connectivity index (χ4n) is 1.02. The molecule has 0 aromatic heterocycles. The molecule has 2 heterocycles. The van der Waals surface area contributed by atoms with Crippen LogP contribution in [-0.2, 0) is 0 Å². The van der Waals surface area contributed by atoms with E-state index >= 15 is 0 Å². The highest BCUT2D eigenvalue weighted by Gasteiger charge is 2.32. The Morgan fingerprint density at radius 2 is 2.50 bits per heavy atom. The minimum atomic E-state index is -0.0859. The fourth-order valence-corrected chi connectivity index (χ4v) is 2.71. The first-order valence-corrected chi connectivity index (χ1v) is 4.65. The van der Waals surface area contributed by atoms with E-state index in [0.717, 1.165) is 15.3 Å². The molecule has 2 rings (SSSR count). The monoisotopic (exact) mass is 220 g/mol. The van der Waals surface area contributed by atoms with Crippen LogP contribution in [0, 0.1) is 0 Å². The Bertz CT molecular complexity index is 228. The molecule has 0 spiro atoms. The van der Waals surface area contributed by atoms with Gasteiger partial charge in [-0.2, -0.15) is 0 Å². The van der Waals surface area contributed by atoms with Crippen molar-refractivity contribution in [1.29, 1.82) is 0 Å². The van der Waals surface area contributed by atoms with Gasteiger partial charge in [-0.25, -0.2) is 4.79 Å². The van der Waals surface area contributed by atoms with Crippen molar-refractivity contribution in [1.82, 2.24) is 10.6 Å². The standard InChI is InChI=1S/C5H5BrN2OS/c6-4-3-2(1-10-4)7-5(9)8-3/h2H,1H2,(H2,7,8,9). The molecule has 3 nitrogen and oxygen atoms in total. The molecule has 2 amide bonds. The van der Waals surface area contributed by atoms with Gasteiger partial charge in [0.1, 0.15) is 0 Å². The number of hydrogen-bond acceptors (Lipinski definition) is 2. The zero-order valence-corrected chi connectivity index (χ0v) is 7.38. The van der Waals surface area contributed by atoms with Gasteiger partial charge in [0, 0.05) is 5.75 Å². The molecule has 10 heavy (non-hydrogen) atoms. The lowest BCUT2D eigenvalue weighted by molar-refractivity contribution is 0.248. The molecule has 5 heteroatoms. The zero-order chi connectivity index (χ0) is 7.14. The molecule has 0 radical (unpaired) electrons. The second-order valence-corrected chi connectivity index (χ2v) is 4.50. The third-order valence-electron chi connectivity index (χ3n) is 1.49. The van der Waals surface area contributed by atoms with Crippen molar-refractivity contribution in [3.05, 3.63) is 9.51 Å². The number of nitrogens with one attached hydrogen (secondary N) is 2. The van der Waals surface area contributed by atoms with E-state index in [4.69, 9.17) is 0 Å². The molecule has 2 aliphatic rings. The number of halogens is 1. The lowest BCUT2D eigenvalue weighted by Gasteiger charge is -1.97.